The molecule has 8 atom stereocenters. The quantitative estimate of drug-likeness (QED) is 0.515. The molecule has 0 radical (unpaired) electrons. The number of rotatable bonds is 5. The van der Waals surface area contributed by atoms with E-state index < -0.39 is 0 Å². The predicted molar refractivity (Wildman–Crippen MR) is 115 cm³/mol. The van der Waals surface area contributed by atoms with Gasteiger partial charge in [-0.1, -0.05) is 20.8 Å². The third-order valence-corrected chi connectivity index (χ3v) is 10.4. The first-order chi connectivity index (χ1) is 13.8. The Morgan fingerprint density at radius 3 is 2.59 bits per heavy atom. The average molecular weight is 403 g/mol. The zero-order valence-corrected chi connectivity index (χ0v) is 19.2. The summed E-state index contributed by atoms with van der Waals surface area (Å²) in [5.74, 6) is 5.04. The van der Waals surface area contributed by atoms with E-state index in [4.69, 9.17) is 4.74 Å². The highest BCUT2D eigenvalue weighted by Gasteiger charge is 2.60. The zero-order chi connectivity index (χ0) is 20.8. The lowest BCUT2D eigenvalue weighted by atomic mass is 9.44. The summed E-state index contributed by atoms with van der Waals surface area (Å²) in [5, 5.41) is 0. The number of hydrogen-bond donors (Lipinski definition) is 0. The summed E-state index contributed by atoms with van der Waals surface area (Å²) in [7, 11) is 0. The van der Waals surface area contributed by atoms with Crippen LogP contribution in [-0.2, 0) is 14.3 Å². The van der Waals surface area contributed by atoms with Gasteiger partial charge in [0, 0.05) is 19.3 Å². The molecular formula is C26H42O3. The lowest BCUT2D eigenvalue weighted by molar-refractivity contribution is -0.144. The summed E-state index contributed by atoms with van der Waals surface area (Å²) in [6.45, 7) is 9.89. The molecule has 0 heterocycles. The number of ether oxygens (including phenoxy) is 1. The third kappa shape index (κ3) is 3.59. The van der Waals surface area contributed by atoms with Crippen LogP contribution in [0.15, 0.2) is 0 Å². The van der Waals surface area contributed by atoms with Gasteiger partial charge in [0.1, 0.15) is 5.78 Å². The predicted octanol–water partition coefficient (Wildman–Crippen LogP) is 6.19. The average Bonchev–Trinajstić information content (AvgIpc) is 3.04. The van der Waals surface area contributed by atoms with Crippen LogP contribution in [0, 0.1) is 46.3 Å². The first kappa shape index (κ1) is 21.4. The minimum absolute atomic E-state index is 0.0270. The lowest BCUT2D eigenvalue weighted by Crippen LogP contribution is -2.53. The van der Waals surface area contributed by atoms with E-state index in [0.717, 1.165) is 49.4 Å². The van der Waals surface area contributed by atoms with E-state index in [9.17, 15) is 9.59 Å². The molecule has 3 nitrogen and oxygen atoms in total. The normalized spacial score (nSPS) is 45.1. The summed E-state index contributed by atoms with van der Waals surface area (Å²) in [6, 6.07) is 0. The molecule has 3 heteroatoms. The molecule has 4 aliphatic carbocycles. The highest BCUT2D eigenvalue weighted by Crippen LogP contribution is 2.68. The van der Waals surface area contributed by atoms with Gasteiger partial charge in [-0.2, -0.15) is 0 Å². The molecule has 0 aromatic heterocycles. The molecular weight excluding hydrogens is 360 g/mol. The van der Waals surface area contributed by atoms with Crippen molar-refractivity contribution in [3.63, 3.8) is 0 Å². The monoisotopic (exact) mass is 402 g/mol. The van der Waals surface area contributed by atoms with Gasteiger partial charge in [0.05, 0.1) is 6.61 Å². The highest BCUT2D eigenvalue weighted by atomic mass is 16.5. The van der Waals surface area contributed by atoms with E-state index in [1.165, 1.54) is 38.5 Å². The summed E-state index contributed by atoms with van der Waals surface area (Å²) in [6.07, 6.45) is 12.4. The molecule has 0 amide bonds. The molecule has 4 saturated carbocycles. The van der Waals surface area contributed by atoms with Gasteiger partial charge >= 0.3 is 5.97 Å². The smallest absolute Gasteiger partial charge is 0.305 e. The molecule has 4 aliphatic rings. The maximum Gasteiger partial charge on any atom is 0.305 e. The second-order valence-electron chi connectivity index (χ2n) is 11.4. The number of Topliss-reactive ketones (excluding diaryl/α,β-unsaturated/α-hetero) is 1. The number of esters is 1. The molecule has 4 fully saturated rings. The van der Waals surface area contributed by atoms with Gasteiger partial charge in [-0.25, -0.2) is 0 Å². The number of fused-ring (bicyclic) bond motifs is 5. The molecule has 0 aromatic rings. The largest absolute Gasteiger partial charge is 0.466 e. The maximum absolute atomic E-state index is 12.1. The number of carbonyl (C=O) groups is 2. The van der Waals surface area contributed by atoms with E-state index in [1.54, 1.807) is 0 Å². The fourth-order valence-corrected chi connectivity index (χ4v) is 8.80. The first-order valence-corrected chi connectivity index (χ1v) is 12.5. The minimum atomic E-state index is -0.0270. The van der Waals surface area contributed by atoms with E-state index in [1.807, 2.05) is 6.92 Å². The topological polar surface area (TPSA) is 43.4 Å². The van der Waals surface area contributed by atoms with Gasteiger partial charge < -0.3 is 4.74 Å². The van der Waals surface area contributed by atoms with E-state index in [2.05, 4.69) is 20.8 Å². The van der Waals surface area contributed by atoms with Crippen molar-refractivity contribution in [1.29, 1.82) is 0 Å². The molecule has 0 aliphatic heterocycles. The van der Waals surface area contributed by atoms with Crippen LogP contribution in [0.3, 0.4) is 0 Å². The van der Waals surface area contributed by atoms with Gasteiger partial charge in [-0.05, 0) is 105 Å². The summed E-state index contributed by atoms with van der Waals surface area (Å²) in [4.78, 5) is 23.9. The molecule has 4 rings (SSSR count). The van der Waals surface area contributed by atoms with Gasteiger partial charge in [0.2, 0.25) is 0 Å². The SMILES string of the molecule is CCOC(=O)CCC(C)C1CCC2C3CCC4CC(=O)CCC4(C)C3CCC12C. The van der Waals surface area contributed by atoms with Crippen molar-refractivity contribution >= 4 is 11.8 Å². The fraction of sp³-hybridized carbons (Fsp3) is 0.923. The van der Waals surface area contributed by atoms with Crippen LogP contribution in [0.5, 0.6) is 0 Å². The van der Waals surface area contributed by atoms with E-state index >= 15 is 0 Å². The Bertz CT molecular complexity index is 642. The Labute approximate surface area is 177 Å². The van der Waals surface area contributed by atoms with Crippen molar-refractivity contribution in [2.24, 2.45) is 46.3 Å². The summed E-state index contributed by atoms with van der Waals surface area (Å²) >= 11 is 0. The van der Waals surface area contributed by atoms with Crippen LogP contribution in [0.25, 0.3) is 0 Å². The van der Waals surface area contributed by atoms with E-state index in [-0.39, 0.29) is 5.97 Å². The van der Waals surface area contributed by atoms with Gasteiger partial charge in [-0.3, -0.25) is 9.59 Å². The molecule has 0 aromatic carbocycles. The van der Waals surface area contributed by atoms with Crippen molar-refractivity contribution in [2.45, 2.75) is 98.3 Å². The zero-order valence-electron chi connectivity index (χ0n) is 19.2. The van der Waals surface area contributed by atoms with Crippen molar-refractivity contribution < 1.29 is 14.3 Å². The van der Waals surface area contributed by atoms with Gasteiger partial charge in [0.25, 0.3) is 0 Å². The minimum Gasteiger partial charge on any atom is -0.466 e. The van der Waals surface area contributed by atoms with Crippen LogP contribution in [-0.4, -0.2) is 18.4 Å². The summed E-state index contributed by atoms with van der Waals surface area (Å²) < 4.78 is 5.16. The molecule has 0 saturated heterocycles. The number of hydrogen-bond acceptors (Lipinski definition) is 3. The second-order valence-corrected chi connectivity index (χ2v) is 11.4. The van der Waals surface area contributed by atoms with Crippen molar-refractivity contribution in [3.8, 4) is 0 Å². The van der Waals surface area contributed by atoms with Crippen molar-refractivity contribution in [2.75, 3.05) is 6.61 Å². The van der Waals surface area contributed by atoms with Crippen LogP contribution >= 0.6 is 0 Å². The molecule has 0 bridgehead atoms. The number of ketones is 1. The molecule has 0 spiro atoms. The van der Waals surface area contributed by atoms with E-state index in [0.29, 0.717) is 41.5 Å². The Hall–Kier alpha value is -0.860. The standard InChI is InChI=1S/C26H42O3/c1-5-29-24(28)11-6-17(2)21-9-10-22-20-8-7-18-16-19(27)12-14-25(18,3)23(20)13-15-26(21,22)4/h17-18,20-23H,5-16H2,1-4H3. The highest BCUT2D eigenvalue weighted by molar-refractivity contribution is 5.79. The lowest BCUT2D eigenvalue weighted by Gasteiger charge is -2.60. The molecule has 29 heavy (non-hydrogen) atoms. The summed E-state index contributed by atoms with van der Waals surface area (Å²) in [5.41, 5.74) is 0.856. The van der Waals surface area contributed by atoms with Crippen molar-refractivity contribution in [1.82, 2.24) is 0 Å². The van der Waals surface area contributed by atoms with Crippen molar-refractivity contribution in [3.05, 3.63) is 0 Å². The van der Waals surface area contributed by atoms with Gasteiger partial charge in [-0.15, -0.1) is 0 Å². The second kappa shape index (κ2) is 8.00. The van der Waals surface area contributed by atoms with Crippen LogP contribution in [0.4, 0.5) is 0 Å². The fourth-order valence-electron chi connectivity index (χ4n) is 8.80. The molecule has 164 valence electrons. The molecule has 0 N–H and O–H groups in total. The third-order valence-electron chi connectivity index (χ3n) is 10.4. The Morgan fingerprint density at radius 1 is 1.07 bits per heavy atom. The Morgan fingerprint density at radius 2 is 1.83 bits per heavy atom. The van der Waals surface area contributed by atoms with Crippen LogP contribution in [0.2, 0.25) is 0 Å². The first-order valence-electron chi connectivity index (χ1n) is 12.5. The van der Waals surface area contributed by atoms with Crippen LogP contribution in [0.1, 0.15) is 98.3 Å². The Kier molecular flexibility index (Phi) is 5.90. The Balaban J connectivity index is 1.46. The molecule has 8 unspecified atom stereocenters. The van der Waals surface area contributed by atoms with Gasteiger partial charge in [0.15, 0.2) is 0 Å². The maximum atomic E-state index is 12.1. The number of carbonyl (C=O) groups excluding carboxylic acids is 2. The van der Waals surface area contributed by atoms with Crippen LogP contribution < -0.4 is 0 Å².